The lowest BCUT2D eigenvalue weighted by atomic mass is 9.80. The first-order chi connectivity index (χ1) is 9.88. The Morgan fingerprint density at radius 2 is 2.05 bits per heavy atom. The van der Waals surface area contributed by atoms with Crippen molar-refractivity contribution in [3.8, 4) is 6.07 Å². The maximum absolute atomic E-state index is 12.1. The lowest BCUT2D eigenvalue weighted by Gasteiger charge is -2.27. The van der Waals surface area contributed by atoms with E-state index in [1.807, 2.05) is 0 Å². The number of hydrogen-bond acceptors (Lipinski definition) is 3. The van der Waals surface area contributed by atoms with Crippen molar-refractivity contribution in [1.29, 1.82) is 5.26 Å². The normalized spacial score (nSPS) is 19.2. The fourth-order valence-corrected chi connectivity index (χ4v) is 2.71. The molecule has 4 nitrogen and oxygen atoms in total. The number of carbonyl (C=O) groups excluding carboxylic acids is 1. The number of nitrogens with one attached hydrogen (secondary N) is 1. The van der Waals surface area contributed by atoms with Gasteiger partial charge in [-0.15, -0.1) is 0 Å². The number of likely N-dealkylation sites (tertiary alicyclic amines) is 1. The van der Waals surface area contributed by atoms with Gasteiger partial charge in [0.05, 0.1) is 18.2 Å². The Hall–Kier alpha value is -1.86. The van der Waals surface area contributed by atoms with Gasteiger partial charge >= 0.3 is 0 Å². The zero-order chi connectivity index (χ0) is 15.5. The van der Waals surface area contributed by atoms with E-state index in [0.717, 1.165) is 25.2 Å². The molecule has 2 rings (SSSR count). The molecule has 1 amide bonds. The average molecular weight is 285 g/mol. The van der Waals surface area contributed by atoms with Gasteiger partial charge in [-0.25, -0.2) is 0 Å². The molecule has 0 aromatic heterocycles. The number of amides is 1. The van der Waals surface area contributed by atoms with E-state index in [1.165, 1.54) is 0 Å². The van der Waals surface area contributed by atoms with Crippen LogP contribution in [0.1, 0.15) is 32.8 Å². The van der Waals surface area contributed by atoms with E-state index < -0.39 is 0 Å². The maximum atomic E-state index is 12.1. The Bertz CT molecular complexity index is 537. The van der Waals surface area contributed by atoms with Crippen LogP contribution in [0.25, 0.3) is 0 Å². The van der Waals surface area contributed by atoms with Crippen molar-refractivity contribution < 1.29 is 4.79 Å². The second-order valence-corrected chi connectivity index (χ2v) is 6.82. The molecule has 1 aromatic carbocycles. The summed E-state index contributed by atoms with van der Waals surface area (Å²) in [4.78, 5) is 14.3. The summed E-state index contributed by atoms with van der Waals surface area (Å²) in [5.41, 5.74) is 1.64. The van der Waals surface area contributed by atoms with E-state index in [4.69, 9.17) is 5.26 Å². The number of carbonyl (C=O) groups is 1. The molecular weight excluding hydrogens is 262 g/mol. The van der Waals surface area contributed by atoms with Gasteiger partial charge in [-0.2, -0.15) is 5.26 Å². The summed E-state index contributed by atoms with van der Waals surface area (Å²) < 4.78 is 0. The van der Waals surface area contributed by atoms with E-state index in [2.05, 4.69) is 37.1 Å². The topological polar surface area (TPSA) is 56.1 Å². The monoisotopic (exact) mass is 285 g/mol. The van der Waals surface area contributed by atoms with Crippen LogP contribution >= 0.6 is 0 Å². The summed E-state index contributed by atoms with van der Waals surface area (Å²) in [6.45, 7) is 9.20. The van der Waals surface area contributed by atoms with Gasteiger partial charge in [0.2, 0.25) is 5.91 Å². The number of hydrogen-bond donors (Lipinski definition) is 1. The van der Waals surface area contributed by atoms with Gasteiger partial charge in [-0.05, 0) is 48.6 Å². The second-order valence-electron chi connectivity index (χ2n) is 6.82. The number of nitrogens with zero attached hydrogens (tertiary/aromatic N) is 2. The average Bonchev–Trinajstić information content (AvgIpc) is 2.88. The summed E-state index contributed by atoms with van der Waals surface area (Å²) in [6, 6.07) is 9.01. The fourth-order valence-electron chi connectivity index (χ4n) is 2.71. The molecule has 112 valence electrons. The van der Waals surface area contributed by atoms with Gasteiger partial charge < -0.3 is 5.32 Å². The number of benzene rings is 1. The largest absolute Gasteiger partial charge is 0.325 e. The Morgan fingerprint density at radius 3 is 2.57 bits per heavy atom. The molecule has 1 heterocycles. The van der Waals surface area contributed by atoms with Gasteiger partial charge in [0.15, 0.2) is 0 Å². The number of rotatable bonds is 3. The van der Waals surface area contributed by atoms with Crippen molar-refractivity contribution in [2.75, 3.05) is 25.0 Å². The Morgan fingerprint density at radius 1 is 1.38 bits per heavy atom. The van der Waals surface area contributed by atoms with Crippen LogP contribution in [-0.2, 0) is 4.79 Å². The summed E-state index contributed by atoms with van der Waals surface area (Å²) >= 11 is 0. The summed E-state index contributed by atoms with van der Waals surface area (Å²) in [5, 5.41) is 11.6. The molecule has 0 saturated carbocycles. The van der Waals surface area contributed by atoms with Crippen LogP contribution < -0.4 is 5.32 Å². The lowest BCUT2D eigenvalue weighted by Crippen LogP contribution is -2.33. The van der Waals surface area contributed by atoms with Gasteiger partial charge in [-0.3, -0.25) is 9.69 Å². The number of anilines is 1. The second kappa shape index (κ2) is 6.28. The summed E-state index contributed by atoms with van der Waals surface area (Å²) in [7, 11) is 0. The van der Waals surface area contributed by atoms with Gasteiger partial charge in [-0.1, -0.05) is 20.8 Å². The molecule has 1 atom stereocenters. The predicted molar refractivity (Wildman–Crippen MR) is 83.8 cm³/mol. The van der Waals surface area contributed by atoms with Gasteiger partial charge in [0.25, 0.3) is 0 Å². The Balaban J connectivity index is 1.84. The highest BCUT2D eigenvalue weighted by atomic mass is 16.2. The molecule has 1 aromatic rings. The van der Waals surface area contributed by atoms with Crippen molar-refractivity contribution in [2.45, 2.75) is 27.2 Å². The van der Waals surface area contributed by atoms with Crippen LogP contribution in [0.15, 0.2) is 24.3 Å². The molecule has 1 aliphatic rings. The van der Waals surface area contributed by atoms with Crippen molar-refractivity contribution in [2.24, 2.45) is 11.3 Å². The highest BCUT2D eigenvalue weighted by molar-refractivity contribution is 5.92. The fraction of sp³-hybridized carbons (Fsp3) is 0.529. The highest BCUT2D eigenvalue weighted by Crippen LogP contribution is 2.33. The molecule has 0 spiro atoms. The quantitative estimate of drug-likeness (QED) is 0.929. The van der Waals surface area contributed by atoms with Gasteiger partial charge in [0, 0.05) is 12.2 Å². The minimum absolute atomic E-state index is 0.00858. The minimum atomic E-state index is 0.00858. The van der Waals surface area contributed by atoms with Crippen molar-refractivity contribution in [3.05, 3.63) is 29.8 Å². The van der Waals surface area contributed by atoms with Crippen molar-refractivity contribution >= 4 is 11.6 Å². The molecule has 0 radical (unpaired) electrons. The predicted octanol–water partition coefficient (Wildman–Crippen LogP) is 2.86. The highest BCUT2D eigenvalue weighted by Gasteiger charge is 2.32. The third-order valence-corrected chi connectivity index (χ3v) is 4.16. The molecule has 21 heavy (non-hydrogen) atoms. The van der Waals surface area contributed by atoms with Crippen LogP contribution in [-0.4, -0.2) is 30.4 Å². The molecule has 0 bridgehead atoms. The third-order valence-electron chi connectivity index (χ3n) is 4.16. The van der Waals surface area contributed by atoms with Crippen molar-refractivity contribution in [1.82, 2.24) is 4.90 Å². The first-order valence-electron chi connectivity index (χ1n) is 7.41. The smallest absolute Gasteiger partial charge is 0.238 e. The molecule has 1 unspecified atom stereocenters. The first-order valence-corrected chi connectivity index (χ1v) is 7.41. The zero-order valence-electron chi connectivity index (χ0n) is 13.0. The molecular formula is C17H23N3O. The molecule has 1 saturated heterocycles. The van der Waals surface area contributed by atoms with Gasteiger partial charge in [0.1, 0.15) is 0 Å². The molecule has 0 aliphatic carbocycles. The third kappa shape index (κ3) is 4.30. The van der Waals surface area contributed by atoms with E-state index in [9.17, 15) is 4.79 Å². The lowest BCUT2D eigenvalue weighted by molar-refractivity contribution is -0.117. The maximum Gasteiger partial charge on any atom is 0.238 e. The van der Waals surface area contributed by atoms with Crippen LogP contribution in [0, 0.1) is 22.7 Å². The molecule has 4 heteroatoms. The Kier molecular flexibility index (Phi) is 4.64. The first kappa shape index (κ1) is 15.5. The van der Waals surface area contributed by atoms with Crippen LogP contribution in [0.4, 0.5) is 5.69 Å². The zero-order valence-corrected chi connectivity index (χ0v) is 13.0. The summed E-state index contributed by atoms with van der Waals surface area (Å²) in [5.74, 6) is 0.662. The minimum Gasteiger partial charge on any atom is -0.325 e. The van der Waals surface area contributed by atoms with Crippen LogP contribution in [0.5, 0.6) is 0 Å². The Labute approximate surface area is 126 Å². The number of nitriles is 1. The standard InChI is InChI=1S/C17H23N3O/c1-17(2,3)14-8-9-20(11-14)12-16(21)19-15-6-4-13(10-18)5-7-15/h4-7,14H,8-9,11-12H2,1-3H3,(H,19,21). The van der Waals surface area contributed by atoms with Crippen LogP contribution in [0.3, 0.4) is 0 Å². The van der Waals surface area contributed by atoms with E-state index >= 15 is 0 Å². The van der Waals surface area contributed by atoms with Crippen LogP contribution in [0.2, 0.25) is 0 Å². The van der Waals surface area contributed by atoms with E-state index in [0.29, 0.717) is 23.4 Å². The SMILES string of the molecule is CC(C)(C)C1CCN(CC(=O)Nc2ccc(C#N)cc2)C1. The molecule has 1 aliphatic heterocycles. The molecule has 1 N–H and O–H groups in total. The molecule has 1 fully saturated rings. The van der Waals surface area contributed by atoms with E-state index in [-0.39, 0.29) is 5.91 Å². The van der Waals surface area contributed by atoms with E-state index in [1.54, 1.807) is 24.3 Å². The summed E-state index contributed by atoms with van der Waals surface area (Å²) in [6.07, 6.45) is 1.16. The van der Waals surface area contributed by atoms with Crippen molar-refractivity contribution in [3.63, 3.8) is 0 Å².